The summed E-state index contributed by atoms with van der Waals surface area (Å²) in [7, 11) is 1.13. The van der Waals surface area contributed by atoms with Crippen LogP contribution in [-0.4, -0.2) is 40.3 Å². The van der Waals surface area contributed by atoms with Gasteiger partial charge in [0.05, 0.1) is 11.1 Å². The van der Waals surface area contributed by atoms with Crippen molar-refractivity contribution in [2.45, 2.75) is 41.5 Å². The van der Waals surface area contributed by atoms with Crippen molar-refractivity contribution in [3.05, 3.63) is 104 Å². The molecule has 0 unspecified atom stereocenters. The third-order valence-corrected chi connectivity index (χ3v) is 6.99. The van der Waals surface area contributed by atoms with Crippen molar-refractivity contribution in [1.29, 1.82) is 0 Å². The van der Waals surface area contributed by atoms with E-state index in [9.17, 15) is 19.2 Å². The summed E-state index contributed by atoms with van der Waals surface area (Å²) in [6, 6.07) is 14.8. The molecule has 36 heavy (non-hydrogen) atoms. The summed E-state index contributed by atoms with van der Waals surface area (Å²) < 4.78 is 0. The van der Waals surface area contributed by atoms with Crippen molar-refractivity contribution >= 4 is 31.4 Å². The number of benzene rings is 3. The average molecular weight is 506 g/mol. The van der Waals surface area contributed by atoms with Crippen molar-refractivity contribution in [3.8, 4) is 0 Å². The van der Waals surface area contributed by atoms with Crippen molar-refractivity contribution in [2.75, 3.05) is 7.05 Å². The zero-order chi connectivity index (χ0) is 26.0. The first kappa shape index (κ1) is 28.8. The second-order valence-corrected chi connectivity index (χ2v) is 10.2. The van der Waals surface area contributed by atoms with Crippen LogP contribution >= 0.6 is 8.58 Å². The second kappa shape index (κ2) is 11.5. The number of hydrogen-bond donors (Lipinski definition) is 0. The Kier molecular flexibility index (Phi) is 9.20. The highest BCUT2D eigenvalue weighted by Crippen LogP contribution is 2.31. The summed E-state index contributed by atoms with van der Waals surface area (Å²) in [5.41, 5.74) is 8.34. The molecule has 3 aromatic carbocycles. The molecule has 0 spiro atoms. The first-order valence-corrected chi connectivity index (χ1v) is 12.3. The molecular weight excluding hydrogens is 473 g/mol. The van der Waals surface area contributed by atoms with Crippen LogP contribution in [0.4, 0.5) is 0 Å². The Bertz CT molecular complexity index is 1230. The molecule has 0 saturated heterocycles. The van der Waals surface area contributed by atoms with Crippen molar-refractivity contribution in [2.24, 2.45) is 0 Å². The maximum atomic E-state index is 12.7. The Morgan fingerprint density at radius 2 is 0.944 bits per heavy atom. The lowest BCUT2D eigenvalue weighted by Gasteiger charge is -2.12. The molecule has 1 heterocycles. The predicted octanol–water partition coefficient (Wildman–Crippen LogP) is 5.28. The first-order valence-electron chi connectivity index (χ1n) is 11.3. The SMILES string of the molecule is CN1C(=O)c2ccccc2C1=O.Cc1cc(C)c(C(=O)PC(=O)c2c(C)cc(C)cc2C)c(C)c1.O. The highest BCUT2D eigenvalue weighted by molar-refractivity contribution is 7.75. The largest absolute Gasteiger partial charge is 0.412 e. The van der Waals surface area contributed by atoms with E-state index in [-0.39, 0.29) is 36.9 Å². The van der Waals surface area contributed by atoms with Gasteiger partial charge in [0, 0.05) is 26.8 Å². The number of imide groups is 1. The van der Waals surface area contributed by atoms with Crippen LogP contribution in [0.3, 0.4) is 0 Å². The number of carbonyl (C=O) groups excluding carboxylic acids is 4. The number of aryl methyl sites for hydroxylation is 6. The quantitative estimate of drug-likeness (QED) is 0.355. The van der Waals surface area contributed by atoms with Gasteiger partial charge in [-0.1, -0.05) is 47.5 Å². The van der Waals surface area contributed by atoms with E-state index in [1.807, 2.05) is 65.8 Å². The van der Waals surface area contributed by atoms with Crippen LogP contribution in [0.1, 0.15) is 74.8 Å². The van der Waals surface area contributed by atoms with Gasteiger partial charge in [-0.05, 0) is 75.9 Å². The van der Waals surface area contributed by atoms with Crippen molar-refractivity contribution < 1.29 is 24.7 Å². The van der Waals surface area contributed by atoms with E-state index in [0.29, 0.717) is 22.3 Å². The van der Waals surface area contributed by atoms with Gasteiger partial charge < -0.3 is 5.48 Å². The molecule has 3 aromatic rings. The summed E-state index contributed by atoms with van der Waals surface area (Å²) in [5, 5.41) is 0. The molecule has 4 rings (SSSR count). The summed E-state index contributed by atoms with van der Waals surface area (Å²) in [5.74, 6) is -0.425. The predicted molar refractivity (Wildman–Crippen MR) is 145 cm³/mol. The van der Waals surface area contributed by atoms with E-state index >= 15 is 0 Å². The summed E-state index contributed by atoms with van der Waals surface area (Å²) in [6.07, 6.45) is 0. The molecular formula is C29H32NO5P. The molecule has 0 atom stereocenters. The Hall–Kier alpha value is -3.47. The Morgan fingerprint density at radius 3 is 1.25 bits per heavy atom. The second-order valence-electron chi connectivity index (χ2n) is 9.05. The van der Waals surface area contributed by atoms with Crippen LogP contribution in [0.15, 0.2) is 48.5 Å². The maximum Gasteiger partial charge on any atom is 0.261 e. The van der Waals surface area contributed by atoms with Gasteiger partial charge in [0.2, 0.25) is 0 Å². The van der Waals surface area contributed by atoms with Crippen LogP contribution < -0.4 is 0 Å². The monoisotopic (exact) mass is 505 g/mol. The lowest BCUT2D eigenvalue weighted by molar-refractivity contribution is 0.0692. The van der Waals surface area contributed by atoms with Crippen LogP contribution in [-0.2, 0) is 0 Å². The van der Waals surface area contributed by atoms with Gasteiger partial charge in [0.1, 0.15) is 0 Å². The molecule has 2 amide bonds. The lowest BCUT2D eigenvalue weighted by atomic mass is 10.0. The van der Waals surface area contributed by atoms with E-state index in [4.69, 9.17) is 0 Å². The first-order chi connectivity index (χ1) is 16.4. The van der Waals surface area contributed by atoms with Crippen molar-refractivity contribution in [1.82, 2.24) is 4.90 Å². The fraction of sp³-hybridized carbons (Fsp3) is 0.241. The van der Waals surface area contributed by atoms with E-state index < -0.39 is 0 Å². The fourth-order valence-electron chi connectivity index (χ4n) is 4.61. The molecule has 188 valence electrons. The highest BCUT2D eigenvalue weighted by atomic mass is 31.1. The average Bonchev–Trinajstić information content (AvgIpc) is 2.97. The number of nitrogens with zero attached hydrogens (tertiary/aromatic N) is 1. The van der Waals surface area contributed by atoms with Gasteiger partial charge in [0.15, 0.2) is 11.0 Å². The molecule has 1 aliphatic rings. The number of carbonyl (C=O) groups is 4. The normalized spacial score (nSPS) is 11.9. The van der Waals surface area contributed by atoms with Crippen LogP contribution in [0.5, 0.6) is 0 Å². The molecule has 2 N–H and O–H groups in total. The highest BCUT2D eigenvalue weighted by Gasteiger charge is 2.31. The zero-order valence-electron chi connectivity index (χ0n) is 21.7. The minimum absolute atomic E-state index is 0. The lowest BCUT2D eigenvalue weighted by Crippen LogP contribution is -2.24. The third kappa shape index (κ3) is 5.84. The number of rotatable bonds is 4. The number of amides is 2. The molecule has 0 bridgehead atoms. The van der Waals surface area contributed by atoms with E-state index in [0.717, 1.165) is 38.3 Å². The minimum Gasteiger partial charge on any atom is -0.412 e. The van der Waals surface area contributed by atoms with Gasteiger partial charge in [-0.15, -0.1) is 0 Å². The molecule has 0 fully saturated rings. The summed E-state index contributed by atoms with van der Waals surface area (Å²) >= 11 is 0. The summed E-state index contributed by atoms with van der Waals surface area (Å²) in [6.45, 7) is 11.8. The van der Waals surface area contributed by atoms with Gasteiger partial charge in [0.25, 0.3) is 11.8 Å². The van der Waals surface area contributed by atoms with Gasteiger partial charge in [-0.3, -0.25) is 24.1 Å². The Morgan fingerprint density at radius 1 is 0.639 bits per heavy atom. The molecule has 0 radical (unpaired) electrons. The van der Waals surface area contributed by atoms with Crippen LogP contribution in [0.2, 0.25) is 0 Å². The fourth-order valence-corrected chi connectivity index (χ4v) is 5.86. The third-order valence-electron chi connectivity index (χ3n) is 6.03. The molecule has 1 aliphatic heterocycles. The van der Waals surface area contributed by atoms with Gasteiger partial charge in [-0.25, -0.2) is 0 Å². The molecule has 0 saturated carbocycles. The van der Waals surface area contributed by atoms with Gasteiger partial charge in [-0.2, -0.15) is 0 Å². The smallest absolute Gasteiger partial charge is 0.261 e. The number of fused-ring (bicyclic) bond motifs is 1. The number of hydrogen-bond acceptors (Lipinski definition) is 4. The van der Waals surface area contributed by atoms with Crippen LogP contribution in [0, 0.1) is 41.5 Å². The van der Waals surface area contributed by atoms with Crippen LogP contribution in [0.25, 0.3) is 0 Å². The Balaban J connectivity index is 0.000000294. The minimum atomic E-state index is -0.364. The zero-order valence-corrected chi connectivity index (χ0v) is 22.7. The molecule has 7 heteroatoms. The standard InChI is InChI=1S/C20H23O2P.C9H7NO2.H2O/c1-11-7-13(3)17(14(4)8-11)19(21)23-20(22)18-15(5)9-12(2)10-16(18)6;1-10-8(11)6-4-2-3-5-7(6)9(10)12;/h7-10,23H,1-6H3;2-5H,1H3;1H2. The van der Waals surface area contributed by atoms with Crippen molar-refractivity contribution in [3.63, 3.8) is 0 Å². The van der Waals surface area contributed by atoms with E-state index in [2.05, 4.69) is 0 Å². The molecule has 0 aliphatic carbocycles. The Labute approximate surface area is 213 Å². The van der Waals surface area contributed by atoms with E-state index in [1.54, 1.807) is 24.3 Å². The molecule has 6 nitrogen and oxygen atoms in total. The summed E-state index contributed by atoms with van der Waals surface area (Å²) in [4.78, 5) is 49.1. The topological polar surface area (TPSA) is 103 Å². The van der Waals surface area contributed by atoms with E-state index in [1.165, 1.54) is 7.05 Å². The maximum absolute atomic E-state index is 12.7. The molecule has 0 aromatic heterocycles. The van der Waals surface area contributed by atoms with Gasteiger partial charge >= 0.3 is 0 Å².